The van der Waals surface area contributed by atoms with Crippen molar-refractivity contribution in [1.29, 1.82) is 0 Å². The molecule has 1 N–H and O–H groups in total. The molecular weight excluding hydrogens is 608 g/mol. The predicted molar refractivity (Wildman–Crippen MR) is 174 cm³/mol. The highest BCUT2D eigenvalue weighted by molar-refractivity contribution is 7.99. The lowest BCUT2D eigenvalue weighted by atomic mass is 10.0. The van der Waals surface area contributed by atoms with E-state index in [1.165, 1.54) is 33.1 Å². The van der Waals surface area contributed by atoms with E-state index in [9.17, 15) is 9.59 Å². The summed E-state index contributed by atoms with van der Waals surface area (Å²) in [4.78, 5) is 39.3. The number of hydrogen-bond acceptors (Lipinski definition) is 10. The minimum absolute atomic E-state index is 0.00694. The fourth-order valence-electron chi connectivity index (χ4n) is 5.18. The van der Waals surface area contributed by atoms with Crippen molar-refractivity contribution in [3.8, 4) is 28.7 Å². The van der Waals surface area contributed by atoms with Crippen LogP contribution in [0, 0.1) is 20.8 Å². The van der Waals surface area contributed by atoms with Gasteiger partial charge in [-0.3, -0.25) is 9.59 Å². The van der Waals surface area contributed by atoms with E-state index in [0.29, 0.717) is 45.2 Å². The Kier molecular flexibility index (Phi) is 10.2. The molecule has 0 aliphatic carbocycles. The summed E-state index contributed by atoms with van der Waals surface area (Å²) >= 11 is 1.22. The Morgan fingerprint density at radius 1 is 0.891 bits per heavy atom. The molecule has 1 aromatic heterocycles. The van der Waals surface area contributed by atoms with E-state index in [2.05, 4.69) is 15.3 Å². The van der Waals surface area contributed by atoms with Gasteiger partial charge in [0.15, 0.2) is 28.2 Å². The van der Waals surface area contributed by atoms with E-state index in [1.807, 2.05) is 51.1 Å². The van der Waals surface area contributed by atoms with Crippen molar-refractivity contribution in [2.45, 2.75) is 38.5 Å². The van der Waals surface area contributed by atoms with Crippen LogP contribution in [0.15, 0.2) is 65.8 Å². The van der Waals surface area contributed by atoms with Crippen molar-refractivity contribution in [2.24, 2.45) is 0 Å². The number of amides is 2. The summed E-state index contributed by atoms with van der Waals surface area (Å²) in [6.07, 6.45) is 0. The summed E-state index contributed by atoms with van der Waals surface area (Å²) in [6.45, 7) is 5.98. The van der Waals surface area contributed by atoms with Gasteiger partial charge in [0.1, 0.15) is 6.04 Å². The molecule has 2 heterocycles. The summed E-state index contributed by atoms with van der Waals surface area (Å²) in [5, 5.41) is 3.47. The first-order valence-electron chi connectivity index (χ1n) is 14.5. The van der Waals surface area contributed by atoms with Gasteiger partial charge in [-0.25, -0.2) is 9.97 Å². The number of hydrogen-bond donors (Lipinski definition) is 1. The molecule has 0 radical (unpaired) electrons. The molecule has 0 saturated carbocycles. The number of carbonyl (C=O) groups excluding carboxylic acids is 2. The van der Waals surface area contributed by atoms with Crippen LogP contribution in [0.3, 0.4) is 0 Å². The number of methoxy groups -OCH3 is 3. The molecule has 2 amide bonds. The highest BCUT2D eigenvalue weighted by Crippen LogP contribution is 2.42. The third kappa shape index (κ3) is 7.28. The van der Waals surface area contributed by atoms with E-state index in [1.54, 1.807) is 35.2 Å². The maximum atomic E-state index is 14.4. The van der Waals surface area contributed by atoms with E-state index in [-0.39, 0.29) is 25.0 Å². The second-order valence-electron chi connectivity index (χ2n) is 10.6. The lowest BCUT2D eigenvalue weighted by molar-refractivity contribution is -0.137. The number of anilines is 1. The first-order valence-corrected chi connectivity index (χ1v) is 15.5. The van der Waals surface area contributed by atoms with Crippen LogP contribution in [0.1, 0.15) is 34.1 Å². The predicted octanol–water partition coefficient (Wildman–Crippen LogP) is 5.66. The number of nitrogens with one attached hydrogen (secondary N) is 1. The first-order chi connectivity index (χ1) is 22.2. The number of nitrogens with zero attached hydrogens (tertiary/aromatic N) is 3. The topological polar surface area (TPSA) is 121 Å². The Morgan fingerprint density at radius 2 is 1.57 bits per heavy atom. The molecule has 11 nitrogen and oxygen atoms in total. The fraction of sp³-hybridized carbons (Fsp3) is 0.294. The lowest BCUT2D eigenvalue weighted by Crippen LogP contribution is -2.42. The molecule has 0 unspecified atom stereocenters. The van der Waals surface area contributed by atoms with Crippen LogP contribution in [-0.4, -0.2) is 60.6 Å². The summed E-state index contributed by atoms with van der Waals surface area (Å²) in [7, 11) is 4.50. The Bertz CT molecular complexity index is 1700. The molecular formula is C34H36N4O7S. The third-order valence-corrected chi connectivity index (χ3v) is 8.24. The fourth-order valence-corrected chi connectivity index (χ4v) is 6.01. The highest BCUT2D eigenvalue weighted by Gasteiger charge is 2.34. The normalized spacial score (nSPS) is 12.3. The second kappa shape index (κ2) is 14.4. The Labute approximate surface area is 272 Å². The van der Waals surface area contributed by atoms with Gasteiger partial charge in [0.2, 0.25) is 18.4 Å². The van der Waals surface area contributed by atoms with E-state index in [4.69, 9.17) is 23.7 Å². The van der Waals surface area contributed by atoms with Crippen LogP contribution >= 0.6 is 11.8 Å². The third-order valence-electron chi connectivity index (χ3n) is 7.41. The molecule has 1 atom stereocenters. The van der Waals surface area contributed by atoms with Crippen LogP contribution in [0.2, 0.25) is 0 Å². The smallest absolute Gasteiger partial charge is 0.251 e. The number of ether oxygens (including phenoxy) is 5. The summed E-state index contributed by atoms with van der Waals surface area (Å²) in [5.74, 6) is 1.40. The molecule has 4 aromatic rings. The molecule has 1 aliphatic heterocycles. The quantitative estimate of drug-likeness (QED) is 0.153. The van der Waals surface area contributed by atoms with Crippen molar-refractivity contribution >= 4 is 29.3 Å². The van der Waals surface area contributed by atoms with Crippen LogP contribution in [-0.2, 0) is 16.1 Å². The van der Waals surface area contributed by atoms with Crippen LogP contribution in [0.4, 0.5) is 5.69 Å². The number of aromatic nitrogens is 2. The van der Waals surface area contributed by atoms with Crippen molar-refractivity contribution in [2.75, 3.05) is 39.2 Å². The number of benzene rings is 3. The molecule has 5 rings (SSSR count). The summed E-state index contributed by atoms with van der Waals surface area (Å²) < 4.78 is 27.8. The Balaban J connectivity index is 1.59. The maximum absolute atomic E-state index is 14.4. The number of carbonyl (C=O) groups is 2. The number of aryl methyl sites for hydroxylation is 3. The van der Waals surface area contributed by atoms with Gasteiger partial charge in [0.25, 0.3) is 5.91 Å². The average molecular weight is 645 g/mol. The van der Waals surface area contributed by atoms with Crippen LogP contribution in [0.5, 0.6) is 28.7 Å². The zero-order valence-corrected chi connectivity index (χ0v) is 27.4. The highest BCUT2D eigenvalue weighted by atomic mass is 32.2. The van der Waals surface area contributed by atoms with Gasteiger partial charge in [-0.1, -0.05) is 36.0 Å². The van der Waals surface area contributed by atoms with E-state index >= 15 is 0 Å². The molecule has 0 spiro atoms. The van der Waals surface area contributed by atoms with Crippen molar-refractivity contribution in [3.63, 3.8) is 0 Å². The van der Waals surface area contributed by atoms with Gasteiger partial charge >= 0.3 is 0 Å². The summed E-state index contributed by atoms with van der Waals surface area (Å²) in [5.41, 5.74) is 4.41. The van der Waals surface area contributed by atoms with E-state index in [0.717, 1.165) is 22.5 Å². The molecule has 12 heteroatoms. The average Bonchev–Trinajstić information content (AvgIpc) is 3.51. The minimum atomic E-state index is -1.12. The largest absolute Gasteiger partial charge is 0.493 e. The number of thioether (sulfide) groups is 1. The zero-order chi connectivity index (χ0) is 32.8. The Morgan fingerprint density at radius 3 is 2.22 bits per heavy atom. The summed E-state index contributed by atoms with van der Waals surface area (Å²) in [6, 6.07) is 17.0. The van der Waals surface area contributed by atoms with Gasteiger partial charge in [-0.2, -0.15) is 0 Å². The van der Waals surface area contributed by atoms with Crippen molar-refractivity contribution < 1.29 is 33.3 Å². The van der Waals surface area contributed by atoms with Gasteiger partial charge in [-0.05, 0) is 67.8 Å². The van der Waals surface area contributed by atoms with Crippen molar-refractivity contribution in [3.05, 3.63) is 88.7 Å². The van der Waals surface area contributed by atoms with Crippen LogP contribution < -0.4 is 29.0 Å². The molecule has 3 aromatic carbocycles. The Hall–Kier alpha value is -4.97. The first kappa shape index (κ1) is 32.4. The van der Waals surface area contributed by atoms with E-state index < -0.39 is 11.9 Å². The monoisotopic (exact) mass is 644 g/mol. The molecule has 1 aliphatic rings. The van der Waals surface area contributed by atoms with Gasteiger partial charge < -0.3 is 33.9 Å². The van der Waals surface area contributed by atoms with Gasteiger partial charge in [0, 0.05) is 29.7 Å². The van der Waals surface area contributed by atoms with Crippen LogP contribution in [0.25, 0.3) is 0 Å². The molecule has 0 bridgehead atoms. The molecule has 0 fully saturated rings. The lowest BCUT2D eigenvalue weighted by Gasteiger charge is -2.32. The van der Waals surface area contributed by atoms with Crippen molar-refractivity contribution in [1.82, 2.24) is 14.9 Å². The minimum Gasteiger partial charge on any atom is -0.493 e. The molecule has 46 heavy (non-hydrogen) atoms. The zero-order valence-electron chi connectivity index (χ0n) is 26.6. The van der Waals surface area contributed by atoms with Gasteiger partial charge in [0.05, 0.1) is 27.1 Å². The number of fused-ring (bicyclic) bond motifs is 1. The maximum Gasteiger partial charge on any atom is 0.251 e. The molecule has 240 valence electrons. The van der Waals surface area contributed by atoms with Gasteiger partial charge in [-0.15, -0.1) is 0 Å². The number of rotatable bonds is 12. The SMILES string of the molecule is COc1cc([C@H](C(=O)Nc2ccc3c(c2)OCO3)N(Cc2ccccc2C)C(=O)CSc2nc(C)cc(C)n2)cc(OC)c1OC. The second-order valence-corrected chi connectivity index (χ2v) is 11.5. The molecule has 0 saturated heterocycles. The standard InChI is InChI=1S/C34H36N4O7S/c1-20-9-7-8-10-23(20)17-38(30(39)18-46-34-35-21(2)13-22(3)36-34)31(24-14-28(41-4)32(43-6)29(15-24)42-5)33(40)37-25-11-12-26-27(16-25)45-19-44-26/h7-16,31H,17-19H2,1-6H3,(H,37,40)/t31-/m1/s1.